The van der Waals surface area contributed by atoms with Gasteiger partial charge in [0.1, 0.15) is 24.2 Å². The van der Waals surface area contributed by atoms with Crippen molar-refractivity contribution in [3.8, 4) is 11.8 Å². The number of nitrogens with one attached hydrogen (secondary N) is 1. The molecule has 0 radical (unpaired) electrons. The van der Waals surface area contributed by atoms with E-state index in [0.717, 1.165) is 28.3 Å². The molecule has 0 spiro atoms. The Bertz CT molecular complexity index is 908. The van der Waals surface area contributed by atoms with Crippen molar-refractivity contribution in [1.82, 2.24) is 15.5 Å². The van der Waals surface area contributed by atoms with Crippen molar-refractivity contribution in [2.75, 3.05) is 0 Å². The Morgan fingerprint density at radius 1 is 1.15 bits per heavy atom. The molecule has 0 saturated heterocycles. The quantitative estimate of drug-likeness (QED) is 0.704. The standard InChI is InChI=1S/C20H20N4O2/c1-14-18(15(2)26-24-14)12-22-11-17-6-3-4-8-20(17)25-13-19-16(10-21)7-5-9-23-19/h3-9,22H,11-13H2,1-2H3. The van der Waals surface area contributed by atoms with Gasteiger partial charge in [-0.25, -0.2) is 0 Å². The summed E-state index contributed by atoms with van der Waals surface area (Å²) in [6.45, 7) is 5.42. The largest absolute Gasteiger partial charge is 0.487 e. The second-order valence-electron chi connectivity index (χ2n) is 5.91. The van der Waals surface area contributed by atoms with E-state index in [2.05, 4.69) is 21.5 Å². The summed E-state index contributed by atoms with van der Waals surface area (Å²) in [6, 6.07) is 13.5. The van der Waals surface area contributed by atoms with Gasteiger partial charge >= 0.3 is 0 Å². The molecule has 2 aromatic heterocycles. The summed E-state index contributed by atoms with van der Waals surface area (Å²) in [5, 5.41) is 16.5. The number of nitriles is 1. The Morgan fingerprint density at radius 2 is 2.00 bits per heavy atom. The van der Waals surface area contributed by atoms with Gasteiger partial charge in [0.15, 0.2) is 0 Å². The summed E-state index contributed by atoms with van der Waals surface area (Å²) in [4.78, 5) is 4.23. The number of pyridine rings is 1. The molecule has 132 valence electrons. The number of ether oxygens (including phenoxy) is 1. The van der Waals surface area contributed by atoms with Gasteiger partial charge in [-0.05, 0) is 32.0 Å². The van der Waals surface area contributed by atoms with E-state index >= 15 is 0 Å². The molecule has 0 aliphatic rings. The molecule has 0 unspecified atom stereocenters. The molecule has 0 aliphatic heterocycles. The first-order chi connectivity index (χ1) is 12.7. The van der Waals surface area contributed by atoms with E-state index in [-0.39, 0.29) is 6.61 Å². The average Bonchev–Trinajstić information content (AvgIpc) is 2.99. The zero-order valence-corrected chi connectivity index (χ0v) is 14.8. The lowest BCUT2D eigenvalue weighted by Gasteiger charge is -2.12. The second kappa shape index (κ2) is 8.28. The van der Waals surface area contributed by atoms with Crippen molar-refractivity contribution >= 4 is 0 Å². The molecule has 26 heavy (non-hydrogen) atoms. The van der Waals surface area contributed by atoms with Crippen molar-refractivity contribution in [3.05, 3.63) is 76.4 Å². The Morgan fingerprint density at radius 3 is 2.77 bits per heavy atom. The van der Waals surface area contributed by atoms with E-state index in [1.54, 1.807) is 18.3 Å². The highest BCUT2D eigenvalue weighted by Crippen LogP contribution is 2.20. The van der Waals surface area contributed by atoms with Gasteiger partial charge in [0.05, 0.1) is 17.0 Å². The van der Waals surface area contributed by atoms with Crippen molar-refractivity contribution in [3.63, 3.8) is 0 Å². The molecule has 6 heteroatoms. The lowest BCUT2D eigenvalue weighted by Crippen LogP contribution is -2.14. The number of rotatable bonds is 7. The maximum atomic E-state index is 9.15. The zero-order chi connectivity index (χ0) is 18.4. The van der Waals surface area contributed by atoms with Crippen molar-refractivity contribution in [2.45, 2.75) is 33.5 Å². The van der Waals surface area contributed by atoms with Crippen LogP contribution in [-0.2, 0) is 19.7 Å². The second-order valence-corrected chi connectivity index (χ2v) is 5.91. The van der Waals surface area contributed by atoms with Crippen LogP contribution in [0.5, 0.6) is 5.75 Å². The highest BCUT2D eigenvalue weighted by Gasteiger charge is 2.10. The van der Waals surface area contributed by atoms with Gasteiger partial charge < -0.3 is 14.6 Å². The molecule has 3 aromatic rings. The van der Waals surface area contributed by atoms with Crippen LogP contribution in [0.3, 0.4) is 0 Å². The molecular weight excluding hydrogens is 328 g/mol. The molecule has 1 aromatic carbocycles. The SMILES string of the molecule is Cc1noc(C)c1CNCc1ccccc1OCc1ncccc1C#N. The third-order valence-corrected chi connectivity index (χ3v) is 4.15. The fraction of sp³-hybridized carbons (Fsp3) is 0.250. The number of aromatic nitrogens is 2. The summed E-state index contributed by atoms with van der Waals surface area (Å²) < 4.78 is 11.1. The molecular formula is C20H20N4O2. The van der Waals surface area contributed by atoms with E-state index in [1.807, 2.05) is 38.1 Å². The van der Waals surface area contributed by atoms with Gasteiger partial charge in [0.2, 0.25) is 0 Å². The fourth-order valence-electron chi connectivity index (χ4n) is 2.67. The van der Waals surface area contributed by atoms with E-state index < -0.39 is 0 Å². The number of nitrogens with zero attached hydrogens (tertiary/aromatic N) is 3. The first-order valence-electron chi connectivity index (χ1n) is 8.36. The monoisotopic (exact) mass is 348 g/mol. The number of hydrogen-bond donors (Lipinski definition) is 1. The van der Waals surface area contributed by atoms with Crippen LogP contribution in [-0.4, -0.2) is 10.1 Å². The van der Waals surface area contributed by atoms with Gasteiger partial charge in [-0.15, -0.1) is 0 Å². The van der Waals surface area contributed by atoms with Crippen LogP contribution in [0.15, 0.2) is 47.1 Å². The Kier molecular flexibility index (Phi) is 5.62. The third kappa shape index (κ3) is 4.08. The Labute approximate surface area is 152 Å². The minimum absolute atomic E-state index is 0.255. The summed E-state index contributed by atoms with van der Waals surface area (Å²) in [7, 11) is 0. The van der Waals surface area contributed by atoms with Crippen LogP contribution in [0.1, 0.15) is 33.8 Å². The number of para-hydroxylation sites is 1. The molecule has 3 rings (SSSR count). The van der Waals surface area contributed by atoms with Gasteiger partial charge in [0.25, 0.3) is 0 Å². The van der Waals surface area contributed by atoms with Gasteiger partial charge in [-0.2, -0.15) is 5.26 Å². The lowest BCUT2D eigenvalue weighted by atomic mass is 10.1. The predicted molar refractivity (Wildman–Crippen MR) is 96.2 cm³/mol. The first-order valence-corrected chi connectivity index (χ1v) is 8.36. The summed E-state index contributed by atoms with van der Waals surface area (Å²) >= 11 is 0. The summed E-state index contributed by atoms with van der Waals surface area (Å²) in [5.41, 5.74) is 4.18. The summed E-state index contributed by atoms with van der Waals surface area (Å²) in [5.74, 6) is 1.60. The minimum Gasteiger partial charge on any atom is -0.487 e. The maximum Gasteiger partial charge on any atom is 0.138 e. The topological polar surface area (TPSA) is 84.0 Å². The smallest absolute Gasteiger partial charge is 0.138 e. The van der Waals surface area contributed by atoms with Crippen LogP contribution < -0.4 is 10.1 Å². The highest BCUT2D eigenvalue weighted by molar-refractivity contribution is 5.35. The highest BCUT2D eigenvalue weighted by atomic mass is 16.5. The van der Waals surface area contributed by atoms with E-state index in [4.69, 9.17) is 14.5 Å². The molecule has 1 N–H and O–H groups in total. The number of benzene rings is 1. The molecule has 0 saturated carbocycles. The average molecular weight is 348 g/mol. The zero-order valence-electron chi connectivity index (χ0n) is 14.8. The number of hydrogen-bond acceptors (Lipinski definition) is 6. The molecule has 6 nitrogen and oxygen atoms in total. The molecule has 0 fully saturated rings. The molecule has 0 bridgehead atoms. The normalized spacial score (nSPS) is 10.5. The van der Waals surface area contributed by atoms with Crippen molar-refractivity contribution < 1.29 is 9.26 Å². The van der Waals surface area contributed by atoms with Gasteiger partial charge in [-0.3, -0.25) is 4.98 Å². The minimum atomic E-state index is 0.255. The Hall–Kier alpha value is -3.17. The van der Waals surface area contributed by atoms with E-state index in [0.29, 0.717) is 24.3 Å². The molecule has 0 aliphatic carbocycles. The van der Waals surface area contributed by atoms with Crippen LogP contribution in [0, 0.1) is 25.2 Å². The van der Waals surface area contributed by atoms with Gasteiger partial charge in [0, 0.05) is 30.4 Å². The van der Waals surface area contributed by atoms with Crippen LogP contribution in [0.4, 0.5) is 0 Å². The molecule has 0 atom stereocenters. The van der Waals surface area contributed by atoms with Crippen LogP contribution in [0.25, 0.3) is 0 Å². The summed E-state index contributed by atoms with van der Waals surface area (Å²) in [6.07, 6.45) is 1.66. The molecule has 2 heterocycles. The van der Waals surface area contributed by atoms with Crippen molar-refractivity contribution in [1.29, 1.82) is 5.26 Å². The van der Waals surface area contributed by atoms with Gasteiger partial charge in [-0.1, -0.05) is 23.4 Å². The fourth-order valence-corrected chi connectivity index (χ4v) is 2.67. The first kappa shape index (κ1) is 17.6. The number of aryl methyl sites for hydroxylation is 2. The molecule has 0 amide bonds. The third-order valence-electron chi connectivity index (χ3n) is 4.15. The van der Waals surface area contributed by atoms with Crippen LogP contribution >= 0.6 is 0 Å². The predicted octanol–water partition coefficient (Wildman–Crippen LogP) is 3.43. The van der Waals surface area contributed by atoms with Crippen LogP contribution in [0.2, 0.25) is 0 Å². The lowest BCUT2D eigenvalue weighted by molar-refractivity contribution is 0.297. The van der Waals surface area contributed by atoms with E-state index in [1.165, 1.54) is 0 Å². The van der Waals surface area contributed by atoms with E-state index in [9.17, 15) is 0 Å². The maximum absolute atomic E-state index is 9.15. The van der Waals surface area contributed by atoms with Crippen molar-refractivity contribution in [2.24, 2.45) is 0 Å². The Balaban J connectivity index is 1.64.